The van der Waals surface area contributed by atoms with Gasteiger partial charge in [0.2, 0.25) is 17.7 Å². The summed E-state index contributed by atoms with van der Waals surface area (Å²) in [5.41, 5.74) is 0.741. The number of esters is 1. The Morgan fingerprint density at radius 3 is 2.32 bits per heavy atom. The molecule has 1 aromatic carbocycles. The summed E-state index contributed by atoms with van der Waals surface area (Å²) in [6, 6.07) is 6.01. The number of nitrogens with one attached hydrogen (secondary N) is 2. The van der Waals surface area contributed by atoms with Crippen molar-refractivity contribution in [2.45, 2.75) is 134 Å². The van der Waals surface area contributed by atoms with Gasteiger partial charge in [0.25, 0.3) is 0 Å². The summed E-state index contributed by atoms with van der Waals surface area (Å²) in [6.45, 7) is 10.6. The van der Waals surface area contributed by atoms with Gasteiger partial charge in [-0.2, -0.15) is 0 Å². The minimum Gasteiger partial charge on any atom is -0.467 e. The highest BCUT2D eigenvalue weighted by Gasteiger charge is 2.57. The van der Waals surface area contributed by atoms with Gasteiger partial charge in [-0.1, -0.05) is 24.3 Å². The zero-order chi connectivity index (χ0) is 34.1. The number of piperidine rings is 1. The Morgan fingerprint density at radius 1 is 0.979 bits per heavy atom. The average molecular weight is 653 g/mol. The number of fused-ring (bicyclic) bond motifs is 2. The summed E-state index contributed by atoms with van der Waals surface area (Å²) in [5, 5.41) is 5.99. The van der Waals surface area contributed by atoms with Crippen molar-refractivity contribution in [3.05, 3.63) is 35.4 Å². The summed E-state index contributed by atoms with van der Waals surface area (Å²) in [4.78, 5) is 69.8. The highest BCUT2D eigenvalue weighted by molar-refractivity contribution is 5.92. The minimum atomic E-state index is -0.896. The van der Waals surface area contributed by atoms with Crippen LogP contribution < -0.4 is 10.6 Å². The second-order valence-corrected chi connectivity index (χ2v) is 15.7. The van der Waals surface area contributed by atoms with Crippen LogP contribution in [0.25, 0.3) is 0 Å². The maximum Gasteiger partial charge on any atom is 0.408 e. The normalized spacial score (nSPS) is 26.7. The number of amides is 4. The molecule has 1 unspecified atom stereocenters. The molecule has 2 N–H and O–H groups in total. The molecule has 6 rings (SSSR count). The predicted octanol–water partition coefficient (Wildman–Crippen LogP) is 4.25. The van der Waals surface area contributed by atoms with Gasteiger partial charge < -0.3 is 29.9 Å². The quantitative estimate of drug-likeness (QED) is 0.381. The summed E-state index contributed by atoms with van der Waals surface area (Å²) in [6.07, 6.45) is 5.58. The Hall–Kier alpha value is -3.63. The molecule has 5 aliphatic rings. The van der Waals surface area contributed by atoms with E-state index in [2.05, 4.69) is 24.5 Å². The van der Waals surface area contributed by atoms with E-state index in [0.29, 0.717) is 31.7 Å². The molecule has 1 aromatic rings. The Morgan fingerprint density at radius 2 is 1.66 bits per heavy atom. The maximum atomic E-state index is 14.0. The molecule has 0 aromatic heterocycles. The lowest BCUT2D eigenvalue weighted by Gasteiger charge is -2.42. The third-order valence-electron chi connectivity index (χ3n) is 10.6. The number of benzene rings is 1. The highest BCUT2D eigenvalue weighted by atomic mass is 16.6. The van der Waals surface area contributed by atoms with Crippen molar-refractivity contribution in [2.24, 2.45) is 11.8 Å². The number of carbonyl (C=O) groups excluding carboxylic acids is 5. The number of ether oxygens (including phenoxy) is 2. The first-order chi connectivity index (χ1) is 22.1. The van der Waals surface area contributed by atoms with Crippen LogP contribution in [0.5, 0.6) is 0 Å². The number of hydrogen-bond donors (Lipinski definition) is 2. The van der Waals surface area contributed by atoms with Crippen LogP contribution in [-0.4, -0.2) is 82.0 Å². The Balaban J connectivity index is 1.25. The minimum absolute atomic E-state index is 0.00821. The molecule has 4 fully saturated rings. The Bertz CT molecular complexity index is 1380. The molecule has 2 bridgehead atoms. The molecule has 11 heteroatoms. The predicted molar refractivity (Wildman–Crippen MR) is 175 cm³/mol. The fraction of sp³-hybridized carbons (Fsp3) is 0.694. The first-order valence-electron chi connectivity index (χ1n) is 17.2. The first kappa shape index (κ1) is 34.7. The maximum absolute atomic E-state index is 14.0. The lowest BCUT2D eigenvalue weighted by Crippen LogP contribution is -2.56. The summed E-state index contributed by atoms with van der Waals surface area (Å²) < 4.78 is 10.6. The van der Waals surface area contributed by atoms with Crippen LogP contribution in [0.3, 0.4) is 0 Å². The molecule has 4 amide bonds. The van der Waals surface area contributed by atoms with Crippen LogP contribution in [0.2, 0.25) is 0 Å². The molecule has 2 heterocycles. The van der Waals surface area contributed by atoms with E-state index in [4.69, 9.17) is 9.47 Å². The van der Waals surface area contributed by atoms with E-state index in [1.807, 2.05) is 49.9 Å². The van der Waals surface area contributed by atoms with Crippen molar-refractivity contribution in [3.8, 4) is 0 Å². The van der Waals surface area contributed by atoms with E-state index in [0.717, 1.165) is 43.2 Å². The molecule has 3 saturated carbocycles. The second-order valence-electron chi connectivity index (χ2n) is 15.7. The summed E-state index contributed by atoms with van der Waals surface area (Å²) in [7, 11) is 1.30. The number of alkyl carbamates (subject to hydrolysis) is 1. The van der Waals surface area contributed by atoms with E-state index in [9.17, 15) is 24.0 Å². The van der Waals surface area contributed by atoms with Crippen LogP contribution in [0, 0.1) is 11.8 Å². The van der Waals surface area contributed by atoms with E-state index < -0.39 is 35.7 Å². The number of carbonyl (C=O) groups is 5. The molecule has 11 nitrogen and oxygen atoms in total. The van der Waals surface area contributed by atoms with Gasteiger partial charge in [-0.3, -0.25) is 14.4 Å². The third-order valence-corrected chi connectivity index (χ3v) is 10.6. The van der Waals surface area contributed by atoms with Gasteiger partial charge in [0.15, 0.2) is 0 Å². The van der Waals surface area contributed by atoms with Gasteiger partial charge in [0.1, 0.15) is 17.7 Å². The fourth-order valence-electron chi connectivity index (χ4n) is 8.23. The molecule has 258 valence electrons. The number of nitrogens with zero attached hydrogens (tertiary/aromatic N) is 2. The van der Waals surface area contributed by atoms with Gasteiger partial charge in [-0.05, 0) is 103 Å². The summed E-state index contributed by atoms with van der Waals surface area (Å²) >= 11 is 0. The molecule has 3 aliphatic carbocycles. The van der Waals surface area contributed by atoms with Gasteiger partial charge in [-0.15, -0.1) is 0 Å². The van der Waals surface area contributed by atoms with E-state index in [1.165, 1.54) is 7.11 Å². The molecule has 3 atom stereocenters. The molecule has 2 aliphatic heterocycles. The van der Waals surface area contributed by atoms with Crippen molar-refractivity contribution < 1.29 is 33.4 Å². The van der Waals surface area contributed by atoms with Crippen LogP contribution in [-0.2, 0) is 41.6 Å². The van der Waals surface area contributed by atoms with Gasteiger partial charge in [0.05, 0.1) is 7.11 Å². The molecular formula is C36H52N4O7. The van der Waals surface area contributed by atoms with Crippen LogP contribution in [0.4, 0.5) is 4.79 Å². The molecule has 0 spiro atoms. The largest absolute Gasteiger partial charge is 0.467 e. The van der Waals surface area contributed by atoms with Crippen molar-refractivity contribution in [1.82, 2.24) is 20.4 Å². The van der Waals surface area contributed by atoms with Crippen molar-refractivity contribution in [1.29, 1.82) is 0 Å². The lowest BCUT2D eigenvalue weighted by molar-refractivity contribution is -0.148. The molecule has 47 heavy (non-hydrogen) atoms. The van der Waals surface area contributed by atoms with Gasteiger partial charge >= 0.3 is 12.1 Å². The van der Waals surface area contributed by atoms with Crippen LogP contribution >= 0.6 is 0 Å². The summed E-state index contributed by atoms with van der Waals surface area (Å²) in [5.74, 6) is -0.843. The van der Waals surface area contributed by atoms with E-state index in [-0.39, 0.29) is 48.2 Å². The highest BCUT2D eigenvalue weighted by Crippen LogP contribution is 2.57. The van der Waals surface area contributed by atoms with Crippen molar-refractivity contribution in [2.75, 3.05) is 13.7 Å². The van der Waals surface area contributed by atoms with E-state index in [1.54, 1.807) is 4.90 Å². The zero-order valence-corrected chi connectivity index (χ0v) is 28.9. The lowest BCUT2D eigenvalue weighted by atomic mass is 9.75. The monoisotopic (exact) mass is 652 g/mol. The van der Waals surface area contributed by atoms with Crippen molar-refractivity contribution >= 4 is 29.8 Å². The number of methoxy groups -OCH3 is 1. The SMILES string of the molecule is COC(=O)C(C[C@@H]1CC2(NC(=O)OC(C)(C)C)CC1C2)NC(=O)[C@@H]1Cc2ccccc2CN1C(=O)CCC(=O)N1CCCCC1(C)C. The smallest absolute Gasteiger partial charge is 0.408 e. The van der Waals surface area contributed by atoms with Crippen LogP contribution in [0.15, 0.2) is 24.3 Å². The van der Waals surface area contributed by atoms with Gasteiger partial charge in [0, 0.05) is 43.4 Å². The molecule has 0 radical (unpaired) electrons. The Labute approximate surface area is 278 Å². The standard InChI is InChI=1S/C36H52N4O7/c1-34(2,3)47-33(45)38-36-19-25(26(20-36)21-36)17-27(32(44)46-6)37-31(43)28-18-23-11-7-8-12-24(23)22-39(28)29(41)13-14-30(42)40-16-10-9-15-35(40,4)5/h7-8,11-12,25-28H,9-10,13-22H2,1-6H3,(H,37,43)(H,38,45)/t25-,26?,27?,28+,36?/m1/s1. The molecule has 1 saturated heterocycles. The van der Waals surface area contributed by atoms with Crippen LogP contribution in [0.1, 0.15) is 104 Å². The average Bonchev–Trinajstić information content (AvgIpc) is 3.50. The Kier molecular flexibility index (Phi) is 9.94. The number of hydrogen-bond acceptors (Lipinski definition) is 7. The first-order valence-corrected chi connectivity index (χ1v) is 17.2. The number of rotatable bonds is 9. The molecular weight excluding hydrogens is 600 g/mol. The third kappa shape index (κ3) is 7.92. The van der Waals surface area contributed by atoms with Crippen molar-refractivity contribution in [3.63, 3.8) is 0 Å². The van der Waals surface area contributed by atoms with Gasteiger partial charge in [-0.25, -0.2) is 9.59 Å². The fourth-order valence-corrected chi connectivity index (χ4v) is 8.23. The zero-order valence-electron chi connectivity index (χ0n) is 28.9. The topological polar surface area (TPSA) is 134 Å². The number of likely N-dealkylation sites (tertiary alicyclic amines) is 1. The van der Waals surface area contributed by atoms with E-state index >= 15 is 0 Å². The second kappa shape index (κ2) is 13.5.